The summed E-state index contributed by atoms with van der Waals surface area (Å²) in [7, 11) is 0. The van der Waals surface area contributed by atoms with Crippen LogP contribution >= 0.6 is 0 Å². The molecule has 2 aromatic rings. The fourth-order valence-electron chi connectivity index (χ4n) is 5.51. The summed E-state index contributed by atoms with van der Waals surface area (Å²) in [5, 5.41) is 4.72. The molecule has 10 heteroatoms. The Kier molecular flexibility index (Phi) is 5.32. The van der Waals surface area contributed by atoms with E-state index in [9.17, 15) is 13.2 Å². The van der Waals surface area contributed by atoms with Crippen LogP contribution in [0.3, 0.4) is 0 Å². The lowest BCUT2D eigenvalue weighted by Crippen LogP contribution is -2.43. The van der Waals surface area contributed by atoms with Crippen molar-refractivity contribution in [1.82, 2.24) is 19.7 Å². The van der Waals surface area contributed by atoms with E-state index >= 15 is 0 Å². The van der Waals surface area contributed by atoms with Crippen LogP contribution in [0.5, 0.6) is 5.75 Å². The number of ether oxygens (including phenoxy) is 2. The smallest absolute Gasteiger partial charge is 0.402 e. The molecule has 0 radical (unpaired) electrons. The van der Waals surface area contributed by atoms with Crippen LogP contribution in [0.1, 0.15) is 44.3 Å². The first kappa shape index (κ1) is 21.5. The predicted molar refractivity (Wildman–Crippen MR) is 112 cm³/mol. The van der Waals surface area contributed by atoms with Crippen LogP contribution < -0.4 is 10.5 Å². The molecule has 3 fully saturated rings. The second kappa shape index (κ2) is 7.91. The average Bonchev–Trinajstić information content (AvgIpc) is 3.09. The highest BCUT2D eigenvalue weighted by Gasteiger charge is 2.58. The van der Waals surface area contributed by atoms with Crippen molar-refractivity contribution in [1.29, 1.82) is 0 Å². The molecular weight excluding hydrogens is 423 g/mol. The number of hydrogen-bond acceptors (Lipinski definition) is 6. The Morgan fingerprint density at radius 2 is 1.84 bits per heavy atom. The zero-order valence-electron chi connectivity index (χ0n) is 18.2. The molecule has 174 valence electrons. The molecule has 1 saturated heterocycles. The highest BCUT2D eigenvalue weighted by molar-refractivity contribution is 5.64. The normalized spacial score (nSPS) is 28.2. The van der Waals surface area contributed by atoms with Gasteiger partial charge in [-0.2, -0.15) is 5.10 Å². The number of alkyl halides is 3. The number of halogens is 3. The molecule has 7 nitrogen and oxygen atoms in total. The van der Waals surface area contributed by atoms with Gasteiger partial charge in [0.1, 0.15) is 0 Å². The predicted octanol–water partition coefficient (Wildman–Crippen LogP) is 3.83. The summed E-state index contributed by atoms with van der Waals surface area (Å²) >= 11 is 0. The Labute approximate surface area is 184 Å². The first-order valence-electron chi connectivity index (χ1n) is 11.1. The Morgan fingerprint density at radius 3 is 2.47 bits per heavy atom. The molecule has 1 aliphatic heterocycles. The van der Waals surface area contributed by atoms with Crippen molar-refractivity contribution in [3.8, 4) is 17.0 Å². The van der Waals surface area contributed by atoms with Crippen LogP contribution in [0, 0.1) is 11.8 Å². The number of nitrogens with zero attached hydrogens (tertiary/aromatic N) is 4. The van der Waals surface area contributed by atoms with Crippen molar-refractivity contribution in [3.63, 3.8) is 0 Å². The fourth-order valence-corrected chi connectivity index (χ4v) is 5.51. The van der Waals surface area contributed by atoms with Gasteiger partial charge in [-0.1, -0.05) is 0 Å². The highest BCUT2D eigenvalue weighted by Crippen LogP contribution is 2.64. The largest absolute Gasteiger partial charge is 0.573 e. The summed E-state index contributed by atoms with van der Waals surface area (Å²) in [5.41, 5.74) is 7.77. The Morgan fingerprint density at radius 1 is 1.16 bits per heavy atom. The van der Waals surface area contributed by atoms with E-state index in [-0.39, 0.29) is 11.9 Å². The van der Waals surface area contributed by atoms with E-state index in [0.717, 1.165) is 32.0 Å². The van der Waals surface area contributed by atoms with Gasteiger partial charge in [0, 0.05) is 48.5 Å². The number of fused-ring (bicyclic) bond motifs is 1. The molecule has 2 N–H and O–H groups in total. The zero-order chi connectivity index (χ0) is 22.6. The van der Waals surface area contributed by atoms with E-state index in [1.54, 1.807) is 0 Å². The standard InChI is InChI=1S/C22H28F3N5O2/c1-12(2)30-18(20-15-8-14(9-16(15)20)29-3-5-31-6-4-29)10-17(28-30)13-7-19(21(26)27-11-13)32-22(23,24)25/h7,10-12,14-16,20H,3-6,8-9H2,1-2H3,(H2,26,27)/t14-,15+,16-,20+. The van der Waals surface area contributed by atoms with Gasteiger partial charge in [-0.15, -0.1) is 13.2 Å². The molecule has 0 aromatic carbocycles. The Hall–Kier alpha value is -2.33. The van der Waals surface area contributed by atoms with Crippen LogP contribution in [-0.4, -0.2) is 58.4 Å². The van der Waals surface area contributed by atoms with Crippen LogP contribution in [-0.2, 0) is 4.74 Å². The zero-order valence-corrected chi connectivity index (χ0v) is 18.2. The van der Waals surface area contributed by atoms with Crippen LogP contribution in [0.4, 0.5) is 19.0 Å². The number of aromatic nitrogens is 3. The van der Waals surface area contributed by atoms with Crippen molar-refractivity contribution in [2.75, 3.05) is 32.0 Å². The molecule has 0 unspecified atom stereocenters. The molecule has 0 amide bonds. The third kappa shape index (κ3) is 4.05. The average molecular weight is 451 g/mol. The van der Waals surface area contributed by atoms with Gasteiger partial charge in [-0.05, 0) is 50.7 Å². The first-order valence-corrected chi connectivity index (χ1v) is 11.1. The Balaban J connectivity index is 1.36. The van der Waals surface area contributed by atoms with E-state index in [1.807, 2.05) is 10.7 Å². The lowest BCUT2D eigenvalue weighted by molar-refractivity contribution is -0.274. The molecule has 3 aliphatic rings. The van der Waals surface area contributed by atoms with E-state index in [2.05, 4.69) is 28.5 Å². The van der Waals surface area contributed by atoms with E-state index in [0.29, 0.717) is 35.1 Å². The fraction of sp³-hybridized carbons (Fsp3) is 0.636. The number of nitrogens with two attached hydrogens (primary N) is 1. The van der Waals surface area contributed by atoms with Gasteiger partial charge in [-0.3, -0.25) is 9.58 Å². The minimum absolute atomic E-state index is 0.141. The molecule has 3 heterocycles. The van der Waals surface area contributed by atoms with Gasteiger partial charge in [0.2, 0.25) is 0 Å². The molecule has 0 bridgehead atoms. The third-order valence-corrected chi connectivity index (χ3v) is 6.98. The quantitative estimate of drug-likeness (QED) is 0.745. The van der Waals surface area contributed by atoms with E-state index in [4.69, 9.17) is 15.6 Å². The highest BCUT2D eigenvalue weighted by atomic mass is 19.4. The maximum atomic E-state index is 12.7. The minimum Gasteiger partial charge on any atom is -0.402 e. The van der Waals surface area contributed by atoms with Gasteiger partial charge in [0.15, 0.2) is 11.6 Å². The molecule has 0 spiro atoms. The van der Waals surface area contributed by atoms with Gasteiger partial charge in [-0.25, -0.2) is 4.98 Å². The first-order chi connectivity index (χ1) is 15.2. The lowest BCUT2D eigenvalue weighted by atomic mass is 10.0. The van der Waals surface area contributed by atoms with Crippen LogP contribution in [0.2, 0.25) is 0 Å². The van der Waals surface area contributed by atoms with Gasteiger partial charge >= 0.3 is 6.36 Å². The molecule has 2 saturated carbocycles. The summed E-state index contributed by atoms with van der Waals surface area (Å²) in [6.07, 6.45) is -1.03. The summed E-state index contributed by atoms with van der Waals surface area (Å²) in [6, 6.07) is 4.03. The van der Waals surface area contributed by atoms with Gasteiger partial charge in [0.25, 0.3) is 0 Å². The van der Waals surface area contributed by atoms with Crippen molar-refractivity contribution in [2.24, 2.45) is 11.8 Å². The van der Waals surface area contributed by atoms with Crippen molar-refractivity contribution in [2.45, 2.75) is 51.1 Å². The Bertz CT molecular complexity index is 974. The molecule has 32 heavy (non-hydrogen) atoms. The molecule has 5 rings (SSSR count). The van der Waals surface area contributed by atoms with Crippen molar-refractivity contribution >= 4 is 5.82 Å². The maximum Gasteiger partial charge on any atom is 0.573 e. The molecular formula is C22H28F3N5O2. The number of rotatable bonds is 5. The lowest BCUT2D eigenvalue weighted by Gasteiger charge is -2.33. The molecule has 4 atom stereocenters. The third-order valence-electron chi connectivity index (χ3n) is 6.98. The number of pyridine rings is 1. The maximum absolute atomic E-state index is 12.7. The number of anilines is 1. The van der Waals surface area contributed by atoms with Crippen LogP contribution in [0.25, 0.3) is 11.3 Å². The van der Waals surface area contributed by atoms with Gasteiger partial charge < -0.3 is 15.2 Å². The van der Waals surface area contributed by atoms with Crippen LogP contribution in [0.15, 0.2) is 18.3 Å². The minimum atomic E-state index is -4.83. The summed E-state index contributed by atoms with van der Waals surface area (Å²) < 4.78 is 49.6. The topological polar surface area (TPSA) is 78.4 Å². The number of nitrogen functional groups attached to an aromatic ring is 1. The van der Waals surface area contributed by atoms with Crippen molar-refractivity contribution in [3.05, 3.63) is 24.0 Å². The SMILES string of the molecule is CC(C)n1nc(-c2cnc(N)c(OC(F)(F)F)c2)cc1[C@@H]1[C@@H]2C[C@H](N3CCOCC3)C[C@@H]21. The monoisotopic (exact) mass is 451 g/mol. The molecule has 2 aliphatic carbocycles. The summed E-state index contributed by atoms with van der Waals surface area (Å²) in [4.78, 5) is 6.45. The van der Waals surface area contributed by atoms with Gasteiger partial charge in [0.05, 0.1) is 18.9 Å². The van der Waals surface area contributed by atoms with E-state index < -0.39 is 12.1 Å². The van der Waals surface area contributed by atoms with E-state index in [1.165, 1.54) is 25.1 Å². The number of morpholine rings is 1. The summed E-state index contributed by atoms with van der Waals surface area (Å²) in [6.45, 7) is 7.77. The van der Waals surface area contributed by atoms with Crippen molar-refractivity contribution < 1.29 is 22.6 Å². The number of hydrogen-bond donors (Lipinski definition) is 1. The summed E-state index contributed by atoms with van der Waals surface area (Å²) in [5.74, 6) is 0.911. The second-order valence-electron chi connectivity index (χ2n) is 9.27. The molecule has 2 aromatic heterocycles. The second-order valence-corrected chi connectivity index (χ2v) is 9.27.